The summed E-state index contributed by atoms with van der Waals surface area (Å²) in [6, 6.07) is 16.9. The predicted molar refractivity (Wildman–Crippen MR) is 189 cm³/mol. The van der Waals surface area contributed by atoms with Crippen LogP contribution in [0.4, 0.5) is 11.4 Å². The van der Waals surface area contributed by atoms with Gasteiger partial charge in [-0.1, -0.05) is 88.4 Å². The molecular weight excluding hydrogens is 596 g/mol. The highest BCUT2D eigenvalue weighted by Gasteiger charge is 2.39. The quantitative estimate of drug-likeness (QED) is 0.107. The first-order chi connectivity index (χ1) is 22.8. The normalized spacial score (nSPS) is 15.4. The van der Waals surface area contributed by atoms with Crippen LogP contribution in [0.1, 0.15) is 38.8 Å². The van der Waals surface area contributed by atoms with E-state index < -0.39 is 0 Å². The Bertz CT molecular complexity index is 1260. The highest BCUT2D eigenvalue weighted by Crippen LogP contribution is 2.47. The molecule has 0 aromatic heterocycles. The molecule has 1 aliphatic rings. The summed E-state index contributed by atoms with van der Waals surface area (Å²) in [6.45, 7) is 15.3. The van der Waals surface area contributed by atoms with Crippen molar-refractivity contribution in [3.8, 4) is 0 Å². The molecule has 3 rings (SSSR count). The minimum Gasteiger partial charge on any atom is -0.394 e. The Hall–Kier alpha value is -3.02. The fourth-order valence-corrected chi connectivity index (χ4v) is 5.46. The number of aliphatic hydroxyl groups excluding tert-OH is 1. The minimum absolute atomic E-state index is 0.0162. The first-order valence-electron chi connectivity index (χ1n) is 16.6. The van der Waals surface area contributed by atoms with Gasteiger partial charge in [-0.25, -0.2) is 0 Å². The van der Waals surface area contributed by atoms with E-state index in [1.54, 1.807) is 7.11 Å². The van der Waals surface area contributed by atoms with E-state index in [1.807, 2.05) is 0 Å². The smallest absolute Gasteiger partial charge is 0.123 e. The summed E-state index contributed by atoms with van der Waals surface area (Å²) in [5.41, 5.74) is 5.58. The van der Waals surface area contributed by atoms with Crippen LogP contribution in [0.2, 0.25) is 0 Å². The van der Waals surface area contributed by atoms with Crippen LogP contribution in [0.15, 0.2) is 84.6 Å². The van der Waals surface area contributed by atoms with E-state index in [0.717, 1.165) is 11.4 Å². The summed E-state index contributed by atoms with van der Waals surface area (Å²) < 4.78 is 32.9. The second-order valence-corrected chi connectivity index (χ2v) is 12.3. The number of benzene rings is 2. The summed E-state index contributed by atoms with van der Waals surface area (Å²) in [6.07, 6.45) is 10.7. The maximum atomic E-state index is 8.92. The Morgan fingerprint density at radius 3 is 2.09 bits per heavy atom. The zero-order valence-electron chi connectivity index (χ0n) is 29.0. The van der Waals surface area contributed by atoms with E-state index in [-0.39, 0.29) is 17.4 Å². The predicted octanol–water partition coefficient (Wildman–Crippen LogP) is 5.85. The number of anilines is 2. The average Bonchev–Trinajstić information content (AvgIpc) is 3.28. The highest BCUT2D eigenvalue weighted by atomic mass is 16.6. The van der Waals surface area contributed by atoms with Gasteiger partial charge in [-0.3, -0.25) is 0 Å². The van der Waals surface area contributed by atoms with E-state index in [0.29, 0.717) is 79.3 Å². The second-order valence-electron chi connectivity index (χ2n) is 12.3. The maximum absolute atomic E-state index is 8.92. The molecule has 0 fully saturated rings. The molecule has 0 unspecified atom stereocenters. The van der Waals surface area contributed by atoms with Crippen LogP contribution in [0.25, 0.3) is 0 Å². The molecule has 1 heterocycles. The van der Waals surface area contributed by atoms with Crippen LogP contribution >= 0.6 is 0 Å². The summed E-state index contributed by atoms with van der Waals surface area (Å²) in [5, 5.41) is 12.5. The van der Waals surface area contributed by atoms with Crippen molar-refractivity contribution in [2.24, 2.45) is 0 Å². The van der Waals surface area contributed by atoms with E-state index in [4.69, 9.17) is 33.5 Å². The molecule has 2 N–H and O–H groups in total. The SMILES string of the molecule is COCCOCCOCCOCCNc1ccccc1C(C)(C)/C=C/C=C/C=C1/N(COCCOCCO)c2ccccc2C1(C)C. The third-order valence-electron chi connectivity index (χ3n) is 7.98. The van der Waals surface area contributed by atoms with E-state index in [1.165, 1.54) is 16.8 Å². The summed E-state index contributed by atoms with van der Waals surface area (Å²) in [5.74, 6) is 0. The van der Waals surface area contributed by atoms with Crippen molar-refractivity contribution < 1.29 is 33.5 Å². The topological polar surface area (TPSA) is 90.9 Å². The molecule has 0 amide bonds. The number of rotatable bonds is 24. The molecule has 9 heteroatoms. The molecule has 2 aromatic rings. The van der Waals surface area contributed by atoms with E-state index in [2.05, 4.69) is 117 Å². The molecule has 260 valence electrons. The average molecular weight is 653 g/mol. The second kappa shape index (κ2) is 21.1. The Labute approximate surface area is 282 Å². The van der Waals surface area contributed by atoms with Gasteiger partial charge >= 0.3 is 0 Å². The van der Waals surface area contributed by atoms with Crippen LogP contribution in [0.3, 0.4) is 0 Å². The number of ether oxygens (including phenoxy) is 6. The van der Waals surface area contributed by atoms with Gasteiger partial charge in [0.05, 0.1) is 72.7 Å². The van der Waals surface area contributed by atoms with Gasteiger partial charge in [0, 0.05) is 41.6 Å². The number of fused-ring (bicyclic) bond motifs is 1. The molecule has 0 bridgehead atoms. The number of aliphatic hydroxyl groups is 1. The molecule has 2 aromatic carbocycles. The molecule has 47 heavy (non-hydrogen) atoms. The summed E-state index contributed by atoms with van der Waals surface area (Å²) in [4.78, 5) is 2.23. The Morgan fingerprint density at radius 1 is 0.745 bits per heavy atom. The zero-order valence-corrected chi connectivity index (χ0v) is 29.0. The van der Waals surface area contributed by atoms with Gasteiger partial charge in [0.15, 0.2) is 0 Å². The molecule has 0 aliphatic carbocycles. The molecule has 9 nitrogen and oxygen atoms in total. The number of nitrogens with zero attached hydrogens (tertiary/aromatic N) is 1. The van der Waals surface area contributed by atoms with Gasteiger partial charge in [-0.05, 0) is 29.3 Å². The third kappa shape index (κ3) is 12.5. The van der Waals surface area contributed by atoms with Crippen LogP contribution in [0, 0.1) is 0 Å². The van der Waals surface area contributed by atoms with Crippen LogP contribution in [0.5, 0.6) is 0 Å². The highest BCUT2D eigenvalue weighted by molar-refractivity contribution is 5.70. The van der Waals surface area contributed by atoms with Crippen molar-refractivity contribution in [3.63, 3.8) is 0 Å². The molecule has 0 spiro atoms. The number of allylic oxidation sites excluding steroid dienone is 6. The Balaban J connectivity index is 1.52. The lowest BCUT2D eigenvalue weighted by molar-refractivity contribution is 0.00495. The van der Waals surface area contributed by atoms with Crippen molar-refractivity contribution in [1.82, 2.24) is 0 Å². The van der Waals surface area contributed by atoms with E-state index in [9.17, 15) is 0 Å². The standard InChI is InChI=1S/C38H56N2O7/c1-37(2,32-13-8-10-15-34(32)39-19-21-43-25-26-46-28-27-45-24-23-42-5)18-12-6-7-17-36-38(3,4)33-14-9-11-16-35(33)40(36)31-47-30-29-44-22-20-41/h6-18,39,41H,19-31H2,1-5H3/b7-6+,18-12+,36-17+. The van der Waals surface area contributed by atoms with Crippen LogP contribution in [-0.2, 0) is 39.3 Å². The van der Waals surface area contributed by atoms with Crippen molar-refractivity contribution in [2.75, 3.05) is 103 Å². The van der Waals surface area contributed by atoms with Gasteiger partial charge < -0.3 is 43.7 Å². The number of para-hydroxylation sites is 2. The third-order valence-corrected chi connectivity index (χ3v) is 7.98. The molecule has 1 aliphatic heterocycles. The molecule has 0 saturated heterocycles. The van der Waals surface area contributed by atoms with Gasteiger partial charge in [0.1, 0.15) is 6.73 Å². The fraction of sp³-hybridized carbons (Fsp3) is 0.526. The van der Waals surface area contributed by atoms with Gasteiger partial charge in [0.2, 0.25) is 0 Å². The van der Waals surface area contributed by atoms with Crippen LogP contribution in [-0.4, -0.2) is 98.2 Å². The fourth-order valence-electron chi connectivity index (χ4n) is 5.46. The van der Waals surface area contributed by atoms with Gasteiger partial charge in [-0.15, -0.1) is 0 Å². The lowest BCUT2D eigenvalue weighted by Crippen LogP contribution is -2.28. The van der Waals surface area contributed by atoms with Crippen LogP contribution < -0.4 is 10.2 Å². The summed E-state index contributed by atoms with van der Waals surface area (Å²) in [7, 11) is 1.66. The maximum Gasteiger partial charge on any atom is 0.123 e. The lowest BCUT2D eigenvalue weighted by Gasteiger charge is -2.26. The number of hydrogen-bond acceptors (Lipinski definition) is 9. The molecular formula is C38H56N2O7. The Morgan fingerprint density at radius 2 is 1.36 bits per heavy atom. The monoisotopic (exact) mass is 652 g/mol. The van der Waals surface area contributed by atoms with Gasteiger partial charge in [0.25, 0.3) is 0 Å². The Kier molecular flexibility index (Phi) is 17.2. The first-order valence-corrected chi connectivity index (χ1v) is 16.6. The molecule has 0 radical (unpaired) electrons. The number of nitrogens with one attached hydrogen (secondary N) is 1. The zero-order chi connectivity index (χ0) is 33.8. The van der Waals surface area contributed by atoms with Gasteiger partial charge in [-0.2, -0.15) is 0 Å². The molecule has 0 saturated carbocycles. The minimum atomic E-state index is -0.193. The number of methoxy groups -OCH3 is 1. The van der Waals surface area contributed by atoms with Crippen molar-refractivity contribution in [3.05, 3.63) is 95.7 Å². The van der Waals surface area contributed by atoms with Crippen molar-refractivity contribution in [1.29, 1.82) is 0 Å². The van der Waals surface area contributed by atoms with Crippen molar-refractivity contribution in [2.45, 2.75) is 38.5 Å². The largest absolute Gasteiger partial charge is 0.394 e. The molecule has 0 atom stereocenters. The lowest BCUT2D eigenvalue weighted by atomic mass is 9.83. The summed E-state index contributed by atoms with van der Waals surface area (Å²) >= 11 is 0. The van der Waals surface area contributed by atoms with Crippen molar-refractivity contribution >= 4 is 11.4 Å². The number of hydrogen-bond donors (Lipinski definition) is 2. The van der Waals surface area contributed by atoms with E-state index >= 15 is 0 Å². The first kappa shape index (κ1) is 38.4.